The van der Waals surface area contributed by atoms with Gasteiger partial charge in [0.1, 0.15) is 6.29 Å². The molecule has 0 N–H and O–H groups in total. The first-order chi connectivity index (χ1) is 8.58. The van der Waals surface area contributed by atoms with Gasteiger partial charge in [-0.05, 0) is 19.8 Å². The van der Waals surface area contributed by atoms with Crippen molar-refractivity contribution in [2.45, 2.75) is 32.6 Å². The Kier molecular flexibility index (Phi) is 7.45. The number of unbranched alkanes of at least 4 members (excludes halogenated alkanes) is 1. The highest BCUT2D eigenvalue weighted by Gasteiger charge is 2.47. The van der Waals surface area contributed by atoms with E-state index in [1.54, 1.807) is 6.92 Å². The number of carbonyl (C=O) groups is 3. The second-order valence-corrected chi connectivity index (χ2v) is 3.73. The number of rotatable bonds is 7. The zero-order valence-electron chi connectivity index (χ0n) is 10.9. The van der Waals surface area contributed by atoms with Crippen molar-refractivity contribution in [1.29, 1.82) is 0 Å². The standard InChI is InChI=1S/C13H18O5/c1-4-5-8-13(11(15)17-2,12(16)18-3)9-6-7-10-14/h10H,6-9H2,1-3H3. The predicted molar refractivity (Wildman–Crippen MR) is 64.4 cm³/mol. The highest BCUT2D eigenvalue weighted by molar-refractivity contribution is 6.00. The number of ether oxygens (including phenoxy) is 2. The van der Waals surface area contributed by atoms with Crippen molar-refractivity contribution in [2.24, 2.45) is 5.41 Å². The van der Waals surface area contributed by atoms with Crippen LogP contribution >= 0.6 is 0 Å². The SMILES string of the molecule is CC#CCC(CCCC=O)(C(=O)OC)C(=O)OC. The van der Waals surface area contributed by atoms with Crippen molar-refractivity contribution in [1.82, 2.24) is 0 Å². The Bertz CT molecular complexity index is 345. The number of hydrogen-bond acceptors (Lipinski definition) is 5. The van der Waals surface area contributed by atoms with Crippen LogP contribution in [0.5, 0.6) is 0 Å². The van der Waals surface area contributed by atoms with E-state index in [4.69, 9.17) is 0 Å². The Morgan fingerprint density at radius 1 is 1.22 bits per heavy atom. The number of hydrogen-bond donors (Lipinski definition) is 0. The number of carbonyl (C=O) groups excluding carboxylic acids is 3. The molecule has 0 aliphatic heterocycles. The van der Waals surface area contributed by atoms with Gasteiger partial charge < -0.3 is 14.3 Å². The first-order valence-corrected chi connectivity index (χ1v) is 5.59. The van der Waals surface area contributed by atoms with Gasteiger partial charge in [-0.15, -0.1) is 11.8 Å². The zero-order valence-corrected chi connectivity index (χ0v) is 10.9. The van der Waals surface area contributed by atoms with E-state index >= 15 is 0 Å². The fourth-order valence-corrected chi connectivity index (χ4v) is 1.64. The summed E-state index contributed by atoms with van der Waals surface area (Å²) >= 11 is 0. The van der Waals surface area contributed by atoms with E-state index in [1.807, 2.05) is 0 Å². The van der Waals surface area contributed by atoms with Crippen molar-refractivity contribution in [3.05, 3.63) is 0 Å². The lowest BCUT2D eigenvalue weighted by atomic mass is 9.79. The highest BCUT2D eigenvalue weighted by Crippen LogP contribution is 2.32. The van der Waals surface area contributed by atoms with Crippen LogP contribution < -0.4 is 0 Å². The molecule has 0 aromatic heterocycles. The third-order valence-corrected chi connectivity index (χ3v) is 2.64. The van der Waals surface area contributed by atoms with Crippen LogP contribution in [0.1, 0.15) is 32.6 Å². The summed E-state index contributed by atoms with van der Waals surface area (Å²) < 4.78 is 9.34. The van der Waals surface area contributed by atoms with Gasteiger partial charge in [-0.2, -0.15) is 0 Å². The van der Waals surface area contributed by atoms with Crippen LogP contribution in [0.3, 0.4) is 0 Å². The maximum atomic E-state index is 11.9. The van der Waals surface area contributed by atoms with Gasteiger partial charge in [-0.3, -0.25) is 9.59 Å². The minimum absolute atomic E-state index is 0.0295. The molecule has 0 unspecified atom stereocenters. The summed E-state index contributed by atoms with van der Waals surface area (Å²) in [7, 11) is 2.41. The smallest absolute Gasteiger partial charge is 0.324 e. The van der Waals surface area contributed by atoms with Gasteiger partial charge in [0.15, 0.2) is 5.41 Å². The molecule has 0 bridgehead atoms. The molecule has 0 rings (SSSR count). The van der Waals surface area contributed by atoms with E-state index in [9.17, 15) is 14.4 Å². The molecule has 0 amide bonds. The van der Waals surface area contributed by atoms with Gasteiger partial charge in [0.25, 0.3) is 0 Å². The van der Waals surface area contributed by atoms with Gasteiger partial charge in [0, 0.05) is 12.8 Å². The van der Waals surface area contributed by atoms with Crippen LogP contribution in [0.2, 0.25) is 0 Å². The van der Waals surface area contributed by atoms with E-state index in [0.29, 0.717) is 6.42 Å². The quantitative estimate of drug-likeness (QED) is 0.224. The van der Waals surface area contributed by atoms with Crippen molar-refractivity contribution in [2.75, 3.05) is 14.2 Å². The number of aldehydes is 1. The molecule has 0 aromatic carbocycles. The van der Waals surface area contributed by atoms with E-state index in [0.717, 1.165) is 6.29 Å². The number of methoxy groups -OCH3 is 2. The Labute approximate surface area is 107 Å². The van der Waals surface area contributed by atoms with Crippen LogP contribution in [-0.2, 0) is 23.9 Å². The molecular formula is C13H18O5. The summed E-state index contributed by atoms with van der Waals surface area (Å²) in [6, 6.07) is 0. The molecule has 0 aromatic rings. The Hall–Kier alpha value is -1.83. The summed E-state index contributed by atoms with van der Waals surface area (Å²) in [4.78, 5) is 34.0. The first kappa shape index (κ1) is 16.2. The van der Waals surface area contributed by atoms with Crippen molar-refractivity contribution >= 4 is 18.2 Å². The minimum atomic E-state index is -1.44. The van der Waals surface area contributed by atoms with Crippen molar-refractivity contribution < 1.29 is 23.9 Å². The Morgan fingerprint density at radius 3 is 2.17 bits per heavy atom. The van der Waals surface area contributed by atoms with Crippen LogP contribution in [-0.4, -0.2) is 32.4 Å². The molecule has 18 heavy (non-hydrogen) atoms. The van der Waals surface area contributed by atoms with Crippen molar-refractivity contribution in [3.63, 3.8) is 0 Å². The van der Waals surface area contributed by atoms with Crippen LogP contribution in [0.15, 0.2) is 0 Å². The molecule has 0 radical (unpaired) electrons. The maximum Gasteiger partial charge on any atom is 0.324 e. The molecule has 0 heterocycles. The fourth-order valence-electron chi connectivity index (χ4n) is 1.64. The summed E-state index contributed by atoms with van der Waals surface area (Å²) in [6.45, 7) is 1.62. The van der Waals surface area contributed by atoms with E-state index in [1.165, 1.54) is 14.2 Å². The second kappa shape index (κ2) is 8.29. The maximum absolute atomic E-state index is 11.9. The van der Waals surface area contributed by atoms with Gasteiger partial charge in [0.05, 0.1) is 14.2 Å². The minimum Gasteiger partial charge on any atom is -0.468 e. The molecule has 100 valence electrons. The molecule has 5 nitrogen and oxygen atoms in total. The van der Waals surface area contributed by atoms with Crippen LogP contribution in [0.25, 0.3) is 0 Å². The van der Waals surface area contributed by atoms with Gasteiger partial charge >= 0.3 is 11.9 Å². The Morgan fingerprint density at radius 2 is 1.78 bits per heavy atom. The topological polar surface area (TPSA) is 69.7 Å². The monoisotopic (exact) mass is 254 g/mol. The lowest BCUT2D eigenvalue weighted by Gasteiger charge is -2.25. The lowest BCUT2D eigenvalue weighted by Crippen LogP contribution is -2.41. The average Bonchev–Trinajstić information content (AvgIpc) is 2.41. The predicted octanol–water partition coefficient (Wildman–Crippen LogP) is 1.10. The molecule has 0 fully saturated rings. The molecule has 5 heteroatoms. The van der Waals surface area contributed by atoms with Crippen LogP contribution in [0.4, 0.5) is 0 Å². The van der Waals surface area contributed by atoms with Gasteiger partial charge in [-0.25, -0.2) is 0 Å². The number of esters is 2. The fraction of sp³-hybridized carbons (Fsp3) is 0.615. The molecule has 0 aliphatic rings. The van der Waals surface area contributed by atoms with E-state index in [2.05, 4.69) is 21.3 Å². The average molecular weight is 254 g/mol. The lowest BCUT2D eigenvalue weighted by molar-refractivity contribution is -0.169. The highest BCUT2D eigenvalue weighted by atomic mass is 16.5. The third kappa shape index (κ3) is 3.88. The van der Waals surface area contributed by atoms with Crippen molar-refractivity contribution in [3.8, 4) is 11.8 Å². The second-order valence-electron chi connectivity index (χ2n) is 3.73. The summed E-state index contributed by atoms with van der Waals surface area (Å²) in [5.74, 6) is 3.99. The third-order valence-electron chi connectivity index (χ3n) is 2.64. The van der Waals surface area contributed by atoms with Gasteiger partial charge in [0.2, 0.25) is 0 Å². The van der Waals surface area contributed by atoms with Crippen LogP contribution in [0, 0.1) is 17.3 Å². The molecule has 0 atom stereocenters. The molecule has 0 spiro atoms. The summed E-state index contributed by atoms with van der Waals surface area (Å²) in [6.07, 6.45) is 1.63. The summed E-state index contributed by atoms with van der Waals surface area (Å²) in [5.41, 5.74) is -1.44. The normalized spacial score (nSPS) is 9.94. The molecule has 0 aliphatic carbocycles. The molecule has 0 saturated carbocycles. The largest absolute Gasteiger partial charge is 0.468 e. The van der Waals surface area contributed by atoms with Gasteiger partial charge in [-0.1, -0.05) is 0 Å². The summed E-state index contributed by atoms with van der Waals surface area (Å²) in [5, 5.41) is 0. The first-order valence-electron chi connectivity index (χ1n) is 5.59. The van der Waals surface area contributed by atoms with E-state index < -0.39 is 17.4 Å². The molecular weight excluding hydrogens is 236 g/mol. The zero-order chi connectivity index (χ0) is 14.0. The molecule has 0 saturated heterocycles. The Balaban J connectivity index is 5.21. The van der Waals surface area contributed by atoms with E-state index in [-0.39, 0.29) is 19.3 Å².